The van der Waals surface area contributed by atoms with Crippen molar-refractivity contribution in [2.24, 2.45) is 0 Å². The SMILES string of the molecule is CCCCCCCCNC(=O)C(=O)NC1CC1. The molecule has 2 N–H and O–H groups in total. The fourth-order valence-corrected chi connectivity index (χ4v) is 1.67. The predicted octanol–water partition coefficient (Wildman–Crippen LogP) is 1.74. The van der Waals surface area contributed by atoms with E-state index in [2.05, 4.69) is 17.6 Å². The minimum atomic E-state index is -0.481. The molecule has 0 radical (unpaired) electrons. The van der Waals surface area contributed by atoms with Crippen molar-refractivity contribution < 1.29 is 9.59 Å². The average Bonchev–Trinajstić information content (AvgIpc) is 3.11. The van der Waals surface area contributed by atoms with Gasteiger partial charge < -0.3 is 10.6 Å². The molecule has 2 amide bonds. The van der Waals surface area contributed by atoms with Crippen LogP contribution < -0.4 is 10.6 Å². The highest BCUT2D eigenvalue weighted by molar-refractivity contribution is 6.35. The topological polar surface area (TPSA) is 58.2 Å². The van der Waals surface area contributed by atoms with Crippen LogP contribution in [0.25, 0.3) is 0 Å². The largest absolute Gasteiger partial charge is 0.348 e. The van der Waals surface area contributed by atoms with Gasteiger partial charge in [0.15, 0.2) is 0 Å². The van der Waals surface area contributed by atoms with Crippen molar-refractivity contribution in [2.45, 2.75) is 64.3 Å². The number of carbonyl (C=O) groups is 2. The van der Waals surface area contributed by atoms with E-state index >= 15 is 0 Å². The van der Waals surface area contributed by atoms with Gasteiger partial charge in [0.1, 0.15) is 0 Å². The first kappa shape index (κ1) is 14.0. The molecule has 4 heteroatoms. The molecule has 1 saturated carbocycles. The van der Waals surface area contributed by atoms with Gasteiger partial charge in [-0.15, -0.1) is 0 Å². The number of nitrogens with one attached hydrogen (secondary N) is 2. The van der Waals surface area contributed by atoms with Crippen LogP contribution in [0.2, 0.25) is 0 Å². The number of carbonyl (C=O) groups excluding carboxylic acids is 2. The zero-order valence-electron chi connectivity index (χ0n) is 10.8. The highest BCUT2D eigenvalue weighted by Gasteiger charge is 2.25. The second-order valence-corrected chi connectivity index (χ2v) is 4.77. The maximum Gasteiger partial charge on any atom is 0.309 e. The number of hydrogen-bond acceptors (Lipinski definition) is 2. The van der Waals surface area contributed by atoms with E-state index in [1.807, 2.05) is 0 Å². The Morgan fingerprint density at radius 3 is 2.29 bits per heavy atom. The molecule has 1 aliphatic carbocycles. The lowest BCUT2D eigenvalue weighted by Gasteiger charge is -2.05. The molecule has 1 fully saturated rings. The monoisotopic (exact) mass is 240 g/mol. The summed E-state index contributed by atoms with van der Waals surface area (Å²) in [4.78, 5) is 22.6. The molecule has 0 spiro atoms. The van der Waals surface area contributed by atoms with E-state index in [1.54, 1.807) is 0 Å². The van der Waals surface area contributed by atoms with E-state index in [0.717, 1.165) is 25.7 Å². The summed E-state index contributed by atoms with van der Waals surface area (Å²) in [5.74, 6) is -0.955. The first-order chi connectivity index (χ1) is 8.24. The maximum atomic E-state index is 11.3. The molecule has 17 heavy (non-hydrogen) atoms. The molecule has 0 aromatic heterocycles. The van der Waals surface area contributed by atoms with Crippen LogP contribution in [0.3, 0.4) is 0 Å². The third kappa shape index (κ3) is 6.97. The summed E-state index contributed by atoms with van der Waals surface area (Å²) in [6.45, 7) is 2.81. The average molecular weight is 240 g/mol. The second-order valence-electron chi connectivity index (χ2n) is 4.77. The van der Waals surface area contributed by atoms with Gasteiger partial charge in [-0.05, 0) is 19.3 Å². The summed E-state index contributed by atoms with van der Waals surface area (Å²) in [5.41, 5.74) is 0. The molecule has 1 rings (SSSR count). The van der Waals surface area contributed by atoms with Gasteiger partial charge in [-0.3, -0.25) is 9.59 Å². The Hall–Kier alpha value is -1.06. The summed E-state index contributed by atoms with van der Waals surface area (Å²) in [7, 11) is 0. The van der Waals surface area contributed by atoms with Crippen LogP contribution in [0.5, 0.6) is 0 Å². The molecule has 4 nitrogen and oxygen atoms in total. The lowest BCUT2D eigenvalue weighted by molar-refractivity contribution is -0.139. The Morgan fingerprint density at radius 1 is 1.00 bits per heavy atom. The van der Waals surface area contributed by atoms with Crippen LogP contribution >= 0.6 is 0 Å². The van der Waals surface area contributed by atoms with Gasteiger partial charge in [0.2, 0.25) is 0 Å². The molecule has 98 valence electrons. The Bertz CT molecular complexity index is 250. The quantitative estimate of drug-likeness (QED) is 0.501. The fraction of sp³-hybridized carbons (Fsp3) is 0.846. The highest BCUT2D eigenvalue weighted by Crippen LogP contribution is 2.18. The van der Waals surface area contributed by atoms with Crippen molar-refractivity contribution in [3.63, 3.8) is 0 Å². The van der Waals surface area contributed by atoms with Crippen LogP contribution in [0.15, 0.2) is 0 Å². The lowest BCUT2D eigenvalue weighted by Crippen LogP contribution is -2.41. The number of rotatable bonds is 8. The minimum absolute atomic E-state index is 0.252. The molecule has 0 atom stereocenters. The fourth-order valence-electron chi connectivity index (χ4n) is 1.67. The minimum Gasteiger partial charge on any atom is -0.348 e. The Morgan fingerprint density at radius 2 is 1.65 bits per heavy atom. The third-order valence-electron chi connectivity index (χ3n) is 2.93. The standard InChI is InChI=1S/C13H24N2O2/c1-2-3-4-5-6-7-10-14-12(16)13(17)15-11-8-9-11/h11H,2-10H2,1H3,(H,14,16)(H,15,17). The van der Waals surface area contributed by atoms with Crippen molar-refractivity contribution in [2.75, 3.05) is 6.54 Å². The van der Waals surface area contributed by atoms with Crippen LogP contribution in [-0.2, 0) is 9.59 Å². The number of hydrogen-bond donors (Lipinski definition) is 2. The van der Waals surface area contributed by atoms with Gasteiger partial charge in [0, 0.05) is 12.6 Å². The molecule has 1 aliphatic rings. The lowest BCUT2D eigenvalue weighted by atomic mass is 10.1. The maximum absolute atomic E-state index is 11.3. The second kappa shape index (κ2) is 8.09. The van der Waals surface area contributed by atoms with E-state index in [4.69, 9.17) is 0 Å². The van der Waals surface area contributed by atoms with Gasteiger partial charge in [0.25, 0.3) is 0 Å². The van der Waals surface area contributed by atoms with Crippen molar-refractivity contribution >= 4 is 11.8 Å². The normalized spacial score (nSPS) is 14.4. The molecular formula is C13H24N2O2. The van der Waals surface area contributed by atoms with E-state index < -0.39 is 11.8 Å². The first-order valence-electron chi connectivity index (χ1n) is 6.82. The third-order valence-corrected chi connectivity index (χ3v) is 2.93. The predicted molar refractivity (Wildman–Crippen MR) is 67.6 cm³/mol. The Labute approximate surface area is 104 Å². The van der Waals surface area contributed by atoms with Crippen LogP contribution in [0, 0.1) is 0 Å². The summed E-state index contributed by atoms with van der Waals surface area (Å²) in [6, 6.07) is 0.252. The zero-order valence-corrected chi connectivity index (χ0v) is 10.8. The van der Waals surface area contributed by atoms with E-state index in [1.165, 1.54) is 25.7 Å². The number of unbranched alkanes of at least 4 members (excludes halogenated alkanes) is 5. The first-order valence-corrected chi connectivity index (χ1v) is 6.82. The van der Waals surface area contributed by atoms with Crippen molar-refractivity contribution in [3.05, 3.63) is 0 Å². The summed E-state index contributed by atoms with van der Waals surface area (Å²) < 4.78 is 0. The van der Waals surface area contributed by atoms with Gasteiger partial charge in [-0.2, -0.15) is 0 Å². The van der Waals surface area contributed by atoms with E-state index in [9.17, 15) is 9.59 Å². The van der Waals surface area contributed by atoms with Crippen molar-refractivity contribution in [1.29, 1.82) is 0 Å². The summed E-state index contributed by atoms with van der Waals surface area (Å²) >= 11 is 0. The molecule has 0 heterocycles. The summed E-state index contributed by atoms with van der Waals surface area (Å²) in [6.07, 6.45) is 9.14. The van der Waals surface area contributed by atoms with Gasteiger partial charge >= 0.3 is 11.8 Å². The smallest absolute Gasteiger partial charge is 0.309 e. The van der Waals surface area contributed by atoms with Gasteiger partial charge in [-0.25, -0.2) is 0 Å². The van der Waals surface area contributed by atoms with E-state index in [0.29, 0.717) is 6.54 Å². The molecule has 0 aliphatic heterocycles. The molecule has 0 saturated heterocycles. The molecule has 0 aromatic rings. The number of amides is 2. The highest BCUT2D eigenvalue weighted by atomic mass is 16.2. The van der Waals surface area contributed by atoms with Crippen molar-refractivity contribution in [3.8, 4) is 0 Å². The van der Waals surface area contributed by atoms with Crippen LogP contribution in [0.4, 0.5) is 0 Å². The molecule has 0 unspecified atom stereocenters. The van der Waals surface area contributed by atoms with Gasteiger partial charge in [0.05, 0.1) is 0 Å². The molecular weight excluding hydrogens is 216 g/mol. The molecule has 0 bridgehead atoms. The van der Waals surface area contributed by atoms with E-state index in [-0.39, 0.29) is 6.04 Å². The van der Waals surface area contributed by atoms with Crippen LogP contribution in [0.1, 0.15) is 58.3 Å². The zero-order chi connectivity index (χ0) is 12.5. The summed E-state index contributed by atoms with van der Waals surface area (Å²) in [5, 5.41) is 5.33. The van der Waals surface area contributed by atoms with Crippen molar-refractivity contribution in [1.82, 2.24) is 10.6 Å². The Balaban J connectivity index is 1.90. The molecule has 0 aromatic carbocycles. The Kier molecular flexibility index (Phi) is 6.67. The van der Waals surface area contributed by atoms with Gasteiger partial charge in [-0.1, -0.05) is 39.0 Å². The van der Waals surface area contributed by atoms with Crippen LogP contribution in [-0.4, -0.2) is 24.4 Å².